The van der Waals surface area contributed by atoms with Gasteiger partial charge in [-0.1, -0.05) is 19.1 Å². The molecule has 1 atom stereocenters. The van der Waals surface area contributed by atoms with Gasteiger partial charge in [0.25, 0.3) is 5.91 Å². The highest BCUT2D eigenvalue weighted by Gasteiger charge is 2.21. The van der Waals surface area contributed by atoms with Crippen LogP contribution in [-0.2, 0) is 13.1 Å². The van der Waals surface area contributed by atoms with Gasteiger partial charge in [-0.05, 0) is 54.8 Å². The SMILES string of the molecule is CC[C@@H](C)N(Cc1ccncc1)C(=O)c1cccc(Cn2cccn2)c1. The molecule has 0 aliphatic carbocycles. The number of rotatable bonds is 7. The first-order valence-corrected chi connectivity index (χ1v) is 8.93. The minimum atomic E-state index is 0.0541. The largest absolute Gasteiger partial charge is 0.332 e. The zero-order chi connectivity index (χ0) is 18.4. The number of nitrogens with zero attached hydrogens (tertiary/aromatic N) is 4. The van der Waals surface area contributed by atoms with Crippen LogP contribution in [0, 0.1) is 0 Å². The van der Waals surface area contributed by atoms with E-state index in [1.54, 1.807) is 18.6 Å². The summed E-state index contributed by atoms with van der Waals surface area (Å²) in [5.74, 6) is 0.0541. The molecule has 3 aromatic rings. The Morgan fingerprint density at radius 2 is 1.92 bits per heavy atom. The fraction of sp³-hybridized carbons (Fsp3) is 0.286. The van der Waals surface area contributed by atoms with Gasteiger partial charge in [0, 0.05) is 42.9 Å². The van der Waals surface area contributed by atoms with Gasteiger partial charge in [-0.2, -0.15) is 5.10 Å². The first kappa shape index (κ1) is 17.9. The molecule has 0 radical (unpaired) electrons. The number of benzene rings is 1. The molecule has 1 aromatic carbocycles. The summed E-state index contributed by atoms with van der Waals surface area (Å²) in [4.78, 5) is 19.2. The van der Waals surface area contributed by atoms with Crippen LogP contribution in [-0.4, -0.2) is 31.6 Å². The molecule has 2 aromatic heterocycles. The lowest BCUT2D eigenvalue weighted by molar-refractivity contribution is 0.0671. The second-order valence-electron chi connectivity index (χ2n) is 6.45. The second-order valence-corrected chi connectivity index (χ2v) is 6.45. The Kier molecular flexibility index (Phi) is 5.79. The van der Waals surface area contributed by atoms with Crippen molar-refractivity contribution < 1.29 is 4.79 Å². The van der Waals surface area contributed by atoms with Crippen molar-refractivity contribution in [3.05, 3.63) is 83.9 Å². The lowest BCUT2D eigenvalue weighted by Crippen LogP contribution is -2.37. The van der Waals surface area contributed by atoms with Gasteiger partial charge in [0.2, 0.25) is 0 Å². The number of aromatic nitrogens is 3. The Balaban J connectivity index is 1.82. The Bertz CT molecular complexity index is 830. The van der Waals surface area contributed by atoms with Crippen molar-refractivity contribution in [3.8, 4) is 0 Å². The molecule has 0 fully saturated rings. The zero-order valence-electron chi connectivity index (χ0n) is 15.2. The standard InChI is InChI=1S/C21H24N4O/c1-3-17(2)25(16-18-8-11-22-12-9-18)21(26)20-7-4-6-19(14-20)15-24-13-5-10-23-24/h4-14,17H,3,15-16H2,1-2H3/t17-/m1/s1. The van der Waals surface area contributed by atoms with Crippen molar-refractivity contribution in [2.24, 2.45) is 0 Å². The molecule has 0 aliphatic rings. The van der Waals surface area contributed by atoms with Gasteiger partial charge in [-0.3, -0.25) is 14.5 Å². The molecule has 0 unspecified atom stereocenters. The Labute approximate surface area is 154 Å². The van der Waals surface area contributed by atoms with E-state index in [4.69, 9.17) is 0 Å². The molecule has 3 rings (SSSR count). The zero-order valence-corrected chi connectivity index (χ0v) is 15.2. The summed E-state index contributed by atoms with van der Waals surface area (Å²) in [6.45, 7) is 5.43. The third kappa shape index (κ3) is 4.36. The molecule has 0 saturated carbocycles. The predicted octanol–water partition coefficient (Wildman–Crippen LogP) is 3.77. The summed E-state index contributed by atoms with van der Waals surface area (Å²) in [6.07, 6.45) is 8.11. The van der Waals surface area contributed by atoms with Crippen LogP contribution in [0.2, 0.25) is 0 Å². The summed E-state index contributed by atoms with van der Waals surface area (Å²) in [5, 5.41) is 4.23. The summed E-state index contributed by atoms with van der Waals surface area (Å²) in [7, 11) is 0. The van der Waals surface area contributed by atoms with Crippen LogP contribution < -0.4 is 0 Å². The van der Waals surface area contributed by atoms with Crippen LogP contribution in [0.15, 0.2) is 67.3 Å². The number of hydrogen-bond donors (Lipinski definition) is 0. The molecule has 2 heterocycles. The highest BCUT2D eigenvalue weighted by molar-refractivity contribution is 5.94. The Hall–Kier alpha value is -2.95. The van der Waals surface area contributed by atoms with E-state index in [2.05, 4.69) is 23.9 Å². The van der Waals surface area contributed by atoms with Crippen LogP contribution in [0.4, 0.5) is 0 Å². The molecule has 0 bridgehead atoms. The number of pyridine rings is 1. The highest BCUT2D eigenvalue weighted by Crippen LogP contribution is 2.16. The van der Waals surface area contributed by atoms with Crippen LogP contribution in [0.1, 0.15) is 41.8 Å². The van der Waals surface area contributed by atoms with Gasteiger partial charge < -0.3 is 4.90 Å². The maximum atomic E-state index is 13.2. The van der Waals surface area contributed by atoms with E-state index in [9.17, 15) is 4.79 Å². The third-order valence-electron chi connectivity index (χ3n) is 4.56. The van der Waals surface area contributed by atoms with Crippen LogP contribution in [0.25, 0.3) is 0 Å². The van der Waals surface area contributed by atoms with Gasteiger partial charge in [-0.25, -0.2) is 0 Å². The summed E-state index contributed by atoms with van der Waals surface area (Å²) >= 11 is 0. The molecule has 26 heavy (non-hydrogen) atoms. The first-order chi connectivity index (χ1) is 12.7. The van der Waals surface area contributed by atoms with Gasteiger partial charge in [0.05, 0.1) is 6.54 Å². The van der Waals surface area contributed by atoms with E-state index >= 15 is 0 Å². The molecule has 0 saturated heterocycles. The Morgan fingerprint density at radius 1 is 1.12 bits per heavy atom. The van der Waals surface area contributed by atoms with Crippen LogP contribution in [0.3, 0.4) is 0 Å². The molecule has 0 spiro atoms. The molecule has 0 aliphatic heterocycles. The molecule has 5 heteroatoms. The van der Waals surface area contributed by atoms with Crippen LogP contribution >= 0.6 is 0 Å². The number of hydrogen-bond acceptors (Lipinski definition) is 3. The fourth-order valence-corrected chi connectivity index (χ4v) is 2.88. The predicted molar refractivity (Wildman–Crippen MR) is 102 cm³/mol. The van der Waals surface area contributed by atoms with E-state index in [-0.39, 0.29) is 11.9 Å². The maximum absolute atomic E-state index is 13.2. The maximum Gasteiger partial charge on any atom is 0.254 e. The smallest absolute Gasteiger partial charge is 0.254 e. The van der Waals surface area contributed by atoms with Gasteiger partial charge in [-0.15, -0.1) is 0 Å². The van der Waals surface area contributed by atoms with Gasteiger partial charge in [0.1, 0.15) is 0 Å². The molecular weight excluding hydrogens is 324 g/mol. The monoisotopic (exact) mass is 348 g/mol. The number of carbonyl (C=O) groups excluding carboxylic acids is 1. The van der Waals surface area contributed by atoms with Crippen molar-refractivity contribution in [3.63, 3.8) is 0 Å². The average Bonchev–Trinajstić information content (AvgIpc) is 3.19. The van der Waals surface area contributed by atoms with E-state index in [0.717, 1.165) is 17.5 Å². The van der Waals surface area contributed by atoms with Gasteiger partial charge >= 0.3 is 0 Å². The highest BCUT2D eigenvalue weighted by atomic mass is 16.2. The van der Waals surface area contributed by atoms with E-state index in [1.165, 1.54) is 0 Å². The van der Waals surface area contributed by atoms with Crippen molar-refractivity contribution in [1.82, 2.24) is 19.7 Å². The average molecular weight is 348 g/mol. The van der Waals surface area contributed by atoms with Crippen molar-refractivity contribution in [2.75, 3.05) is 0 Å². The van der Waals surface area contributed by atoms with Gasteiger partial charge in [0.15, 0.2) is 0 Å². The molecule has 0 N–H and O–H groups in total. The normalized spacial score (nSPS) is 11.9. The minimum absolute atomic E-state index is 0.0541. The minimum Gasteiger partial charge on any atom is -0.332 e. The molecule has 5 nitrogen and oxygen atoms in total. The lowest BCUT2D eigenvalue weighted by Gasteiger charge is -2.29. The van der Waals surface area contributed by atoms with E-state index in [1.807, 2.05) is 58.2 Å². The Morgan fingerprint density at radius 3 is 2.62 bits per heavy atom. The lowest BCUT2D eigenvalue weighted by atomic mass is 10.1. The van der Waals surface area contributed by atoms with Crippen molar-refractivity contribution in [2.45, 2.75) is 39.4 Å². The number of amides is 1. The van der Waals surface area contributed by atoms with E-state index in [0.29, 0.717) is 18.7 Å². The topological polar surface area (TPSA) is 51.0 Å². The summed E-state index contributed by atoms with van der Waals surface area (Å²) in [6, 6.07) is 13.8. The first-order valence-electron chi connectivity index (χ1n) is 8.93. The number of carbonyl (C=O) groups is 1. The van der Waals surface area contributed by atoms with E-state index < -0.39 is 0 Å². The second kappa shape index (κ2) is 8.43. The van der Waals surface area contributed by atoms with Crippen molar-refractivity contribution >= 4 is 5.91 Å². The quantitative estimate of drug-likeness (QED) is 0.653. The fourth-order valence-electron chi connectivity index (χ4n) is 2.88. The third-order valence-corrected chi connectivity index (χ3v) is 4.56. The molecule has 134 valence electrons. The summed E-state index contributed by atoms with van der Waals surface area (Å²) in [5.41, 5.74) is 2.86. The van der Waals surface area contributed by atoms with Crippen LogP contribution in [0.5, 0.6) is 0 Å². The molecular formula is C21H24N4O. The summed E-state index contributed by atoms with van der Waals surface area (Å²) < 4.78 is 1.85. The molecule has 1 amide bonds. The van der Waals surface area contributed by atoms with Crippen molar-refractivity contribution in [1.29, 1.82) is 0 Å².